The molecule has 1 heterocycles. The van der Waals surface area contributed by atoms with Crippen LogP contribution in [0.25, 0.3) is 0 Å². The summed E-state index contributed by atoms with van der Waals surface area (Å²) in [6.07, 6.45) is 1.25. The monoisotopic (exact) mass is 350 g/mol. The topological polar surface area (TPSA) is 179 Å². The van der Waals surface area contributed by atoms with Crippen LogP contribution in [0.5, 0.6) is 0 Å². The van der Waals surface area contributed by atoms with Crippen molar-refractivity contribution in [1.82, 2.24) is 9.03 Å². The highest BCUT2D eigenvalue weighted by Crippen LogP contribution is 2.32. The van der Waals surface area contributed by atoms with E-state index in [4.69, 9.17) is 21.5 Å². The summed E-state index contributed by atoms with van der Waals surface area (Å²) in [6, 6.07) is -0.531. The summed E-state index contributed by atoms with van der Waals surface area (Å²) < 4.78 is 28.1. The van der Waals surface area contributed by atoms with Gasteiger partial charge in [0.15, 0.2) is 0 Å². The summed E-state index contributed by atoms with van der Waals surface area (Å²) in [7, 11) is -5.33. The molecule has 1 aliphatic heterocycles. The number of aliphatic carboxylic acids is 1. The highest BCUT2D eigenvalue weighted by atomic mass is 32.2. The molecule has 132 valence electrons. The van der Waals surface area contributed by atoms with Crippen molar-refractivity contribution in [2.75, 3.05) is 13.1 Å². The van der Waals surface area contributed by atoms with Crippen LogP contribution in [0.3, 0.4) is 0 Å². The SMILES string of the molecule is N[C@@H]1C[C@@H]1NS(=O)(=O)N1C[C@H](CCCB(O)O)[C@](N)(C(=O)O)C1. The summed E-state index contributed by atoms with van der Waals surface area (Å²) in [4.78, 5) is 11.5. The predicted octanol–water partition coefficient (Wildman–Crippen LogP) is -3.11. The van der Waals surface area contributed by atoms with Gasteiger partial charge in [-0.15, -0.1) is 0 Å². The Kier molecular flexibility index (Phi) is 5.35. The Bertz CT molecular complexity index is 561. The van der Waals surface area contributed by atoms with E-state index in [1.165, 1.54) is 0 Å². The zero-order valence-corrected chi connectivity index (χ0v) is 13.4. The van der Waals surface area contributed by atoms with Gasteiger partial charge in [0.05, 0.1) is 0 Å². The largest absolute Gasteiger partial charge is 0.480 e. The van der Waals surface area contributed by atoms with Gasteiger partial charge in [0.1, 0.15) is 5.54 Å². The summed E-state index contributed by atoms with van der Waals surface area (Å²) in [6.45, 7) is -0.354. The molecule has 2 fully saturated rings. The fraction of sp³-hybridized carbons (Fsp3) is 0.909. The zero-order valence-electron chi connectivity index (χ0n) is 12.6. The van der Waals surface area contributed by atoms with Crippen LogP contribution in [0.2, 0.25) is 6.32 Å². The minimum absolute atomic E-state index is 0.0262. The fourth-order valence-corrected chi connectivity index (χ4v) is 4.39. The van der Waals surface area contributed by atoms with Gasteiger partial charge in [0.2, 0.25) is 0 Å². The number of nitrogens with zero attached hydrogens (tertiary/aromatic N) is 1. The number of nitrogens with one attached hydrogen (secondary N) is 1. The number of hydrogen-bond donors (Lipinski definition) is 6. The Labute approximate surface area is 135 Å². The molecule has 0 bridgehead atoms. The highest BCUT2D eigenvalue weighted by Gasteiger charge is 2.53. The first-order chi connectivity index (χ1) is 10.6. The van der Waals surface area contributed by atoms with Gasteiger partial charge in [-0.25, -0.2) is 0 Å². The van der Waals surface area contributed by atoms with E-state index in [9.17, 15) is 18.3 Å². The lowest BCUT2D eigenvalue weighted by Crippen LogP contribution is -2.55. The van der Waals surface area contributed by atoms with Crippen molar-refractivity contribution in [3.8, 4) is 0 Å². The quantitative estimate of drug-likeness (QED) is 0.249. The van der Waals surface area contributed by atoms with E-state index in [-0.39, 0.29) is 37.9 Å². The van der Waals surface area contributed by atoms with E-state index in [0.717, 1.165) is 4.31 Å². The molecule has 0 aromatic carbocycles. The molecule has 8 N–H and O–H groups in total. The van der Waals surface area contributed by atoms with Crippen LogP contribution in [0.4, 0.5) is 0 Å². The maximum Gasteiger partial charge on any atom is 0.451 e. The molecule has 2 aliphatic rings. The minimum atomic E-state index is -3.85. The van der Waals surface area contributed by atoms with Gasteiger partial charge in [0.25, 0.3) is 10.2 Å². The van der Waals surface area contributed by atoms with Crippen LogP contribution in [0.1, 0.15) is 19.3 Å². The molecule has 0 radical (unpaired) electrons. The molecule has 0 aromatic heterocycles. The fourth-order valence-electron chi connectivity index (χ4n) is 2.83. The third-order valence-electron chi connectivity index (χ3n) is 4.48. The lowest BCUT2D eigenvalue weighted by atomic mass is 9.78. The molecular weight excluding hydrogens is 327 g/mol. The molecule has 12 heteroatoms. The number of rotatable bonds is 8. The van der Waals surface area contributed by atoms with Crippen molar-refractivity contribution in [1.29, 1.82) is 0 Å². The molecule has 0 unspecified atom stereocenters. The zero-order chi connectivity index (χ0) is 17.4. The summed E-state index contributed by atoms with van der Waals surface area (Å²) in [5, 5.41) is 27.1. The number of nitrogens with two attached hydrogens (primary N) is 2. The lowest BCUT2D eigenvalue weighted by molar-refractivity contribution is -0.144. The number of hydrogen-bond acceptors (Lipinski definition) is 7. The van der Waals surface area contributed by atoms with Crippen molar-refractivity contribution < 1.29 is 28.4 Å². The van der Waals surface area contributed by atoms with Gasteiger partial charge in [-0.3, -0.25) is 4.79 Å². The van der Waals surface area contributed by atoms with Crippen molar-refractivity contribution in [3.05, 3.63) is 0 Å². The second kappa shape index (κ2) is 6.63. The van der Waals surface area contributed by atoms with E-state index >= 15 is 0 Å². The van der Waals surface area contributed by atoms with Crippen LogP contribution in [0.15, 0.2) is 0 Å². The number of carboxylic acid groups (broad SMARTS) is 1. The Balaban J connectivity index is 2.05. The van der Waals surface area contributed by atoms with E-state index in [1.807, 2.05) is 0 Å². The Morgan fingerprint density at radius 2 is 2.04 bits per heavy atom. The first-order valence-electron chi connectivity index (χ1n) is 7.47. The Hall–Kier alpha value is -0.755. The minimum Gasteiger partial charge on any atom is -0.480 e. The van der Waals surface area contributed by atoms with Crippen LogP contribution < -0.4 is 16.2 Å². The van der Waals surface area contributed by atoms with Gasteiger partial charge < -0.3 is 26.6 Å². The van der Waals surface area contributed by atoms with E-state index in [1.54, 1.807) is 0 Å². The molecule has 1 aliphatic carbocycles. The molecule has 0 amide bonds. The molecule has 10 nitrogen and oxygen atoms in total. The number of carbonyl (C=O) groups is 1. The van der Waals surface area contributed by atoms with Gasteiger partial charge in [-0.1, -0.05) is 6.42 Å². The van der Waals surface area contributed by atoms with Crippen LogP contribution in [0, 0.1) is 5.92 Å². The molecule has 23 heavy (non-hydrogen) atoms. The van der Waals surface area contributed by atoms with Gasteiger partial charge in [-0.2, -0.15) is 17.4 Å². The standard InChI is InChI=1S/C11H23BN4O6S/c13-8-4-9(8)15-23(21,22)16-5-7(2-1-3-12(19)20)11(14,6-16)10(17)18/h7-9,15,19-20H,1-6,13-14H2,(H,17,18)/t7-,8+,9-,11-/m0/s1. The van der Waals surface area contributed by atoms with Gasteiger partial charge in [0, 0.05) is 31.1 Å². The Morgan fingerprint density at radius 1 is 1.43 bits per heavy atom. The third-order valence-corrected chi connectivity index (χ3v) is 6.04. The second-order valence-corrected chi connectivity index (χ2v) is 8.08. The van der Waals surface area contributed by atoms with Crippen molar-refractivity contribution >= 4 is 23.3 Å². The average molecular weight is 350 g/mol. The van der Waals surface area contributed by atoms with Crippen LogP contribution >= 0.6 is 0 Å². The normalized spacial score (nSPS) is 34.5. The molecule has 1 saturated carbocycles. The maximum atomic E-state index is 12.3. The predicted molar refractivity (Wildman–Crippen MR) is 82.3 cm³/mol. The first kappa shape index (κ1) is 18.6. The average Bonchev–Trinajstić information content (AvgIpc) is 2.96. The van der Waals surface area contributed by atoms with E-state index in [0.29, 0.717) is 12.8 Å². The molecule has 0 spiro atoms. The van der Waals surface area contributed by atoms with Crippen molar-refractivity contribution in [2.24, 2.45) is 17.4 Å². The number of carboxylic acids is 1. The van der Waals surface area contributed by atoms with Crippen LogP contribution in [-0.4, -0.2) is 71.7 Å². The smallest absolute Gasteiger partial charge is 0.451 e. The van der Waals surface area contributed by atoms with E-state index in [2.05, 4.69) is 4.72 Å². The molecule has 4 atom stereocenters. The summed E-state index contributed by atoms with van der Waals surface area (Å²) in [5.74, 6) is -1.88. The van der Waals surface area contributed by atoms with Crippen LogP contribution in [-0.2, 0) is 15.0 Å². The molecule has 0 aromatic rings. The van der Waals surface area contributed by atoms with Crippen molar-refractivity contribution in [3.63, 3.8) is 0 Å². The molecule has 2 rings (SSSR count). The Morgan fingerprint density at radius 3 is 2.52 bits per heavy atom. The molecular formula is C11H23BN4O6S. The summed E-state index contributed by atoms with van der Waals surface area (Å²) >= 11 is 0. The summed E-state index contributed by atoms with van der Waals surface area (Å²) in [5.41, 5.74) is 9.83. The van der Waals surface area contributed by atoms with E-state index < -0.39 is 34.8 Å². The third kappa shape index (κ3) is 4.21. The van der Waals surface area contributed by atoms with Crippen molar-refractivity contribution in [2.45, 2.75) is 43.2 Å². The second-order valence-electron chi connectivity index (χ2n) is 6.38. The molecule has 1 saturated heterocycles. The highest BCUT2D eigenvalue weighted by molar-refractivity contribution is 7.87. The first-order valence-corrected chi connectivity index (χ1v) is 8.91. The van der Waals surface area contributed by atoms with Gasteiger partial charge >= 0.3 is 13.1 Å². The lowest BCUT2D eigenvalue weighted by Gasteiger charge is -2.25. The van der Waals surface area contributed by atoms with Gasteiger partial charge in [-0.05, 0) is 19.2 Å². The maximum absolute atomic E-state index is 12.3.